The zero-order valence-corrected chi connectivity index (χ0v) is 24.4. The first-order chi connectivity index (χ1) is 20.3. The lowest BCUT2D eigenvalue weighted by Crippen LogP contribution is -2.57. The number of unbranched alkanes of at least 4 members (excludes halogenated alkanes) is 1. The third kappa shape index (κ3) is 5.80. The van der Waals surface area contributed by atoms with E-state index >= 15 is 0 Å². The number of amides is 2. The lowest BCUT2D eigenvalue weighted by molar-refractivity contribution is -0.120. The molecule has 42 heavy (non-hydrogen) atoms. The molecule has 8 heteroatoms. The summed E-state index contributed by atoms with van der Waals surface area (Å²) in [5, 5.41) is 0.0741. The Bertz CT molecular complexity index is 1690. The number of anilines is 2. The summed E-state index contributed by atoms with van der Waals surface area (Å²) in [7, 11) is 0. The molecule has 1 fully saturated rings. The van der Waals surface area contributed by atoms with Crippen molar-refractivity contribution in [2.45, 2.75) is 33.6 Å². The summed E-state index contributed by atoms with van der Waals surface area (Å²) in [4.78, 5) is 42.6. The van der Waals surface area contributed by atoms with Crippen LogP contribution in [0.3, 0.4) is 0 Å². The van der Waals surface area contributed by atoms with Crippen LogP contribution in [-0.2, 0) is 14.3 Å². The lowest BCUT2D eigenvalue weighted by atomic mass is 10.1. The largest absolute Gasteiger partial charge is 0.462 e. The highest BCUT2D eigenvalue weighted by molar-refractivity contribution is 7.81. The second kappa shape index (κ2) is 12.4. The van der Waals surface area contributed by atoms with Gasteiger partial charge < -0.3 is 9.15 Å². The number of nitrogens with zero attached hydrogens (tertiary/aromatic N) is 2. The highest BCUT2D eigenvalue weighted by atomic mass is 32.1. The molecule has 1 aromatic heterocycles. The van der Waals surface area contributed by atoms with E-state index in [2.05, 4.69) is 0 Å². The van der Waals surface area contributed by atoms with Gasteiger partial charge in [-0.2, -0.15) is 0 Å². The molecule has 0 bridgehead atoms. The van der Waals surface area contributed by atoms with Crippen molar-refractivity contribution < 1.29 is 23.5 Å². The van der Waals surface area contributed by atoms with Crippen molar-refractivity contribution >= 4 is 52.6 Å². The Morgan fingerprint density at radius 2 is 1.55 bits per heavy atom. The molecule has 4 aromatic rings. The number of rotatable bonds is 8. The van der Waals surface area contributed by atoms with Crippen LogP contribution in [0.4, 0.5) is 11.4 Å². The molecule has 0 spiro atoms. The number of aryl methyl sites for hydroxylation is 2. The smallest absolute Gasteiger partial charge is 0.338 e. The minimum Gasteiger partial charge on any atom is -0.462 e. The summed E-state index contributed by atoms with van der Waals surface area (Å²) in [5.41, 5.74) is 4.28. The molecular formula is C34H30N2O5S. The first kappa shape index (κ1) is 28.7. The molecule has 2 heterocycles. The molecule has 1 saturated heterocycles. The van der Waals surface area contributed by atoms with Crippen molar-refractivity contribution in [3.05, 3.63) is 113 Å². The van der Waals surface area contributed by atoms with Gasteiger partial charge in [0.25, 0.3) is 11.8 Å². The van der Waals surface area contributed by atoms with E-state index in [1.165, 1.54) is 15.9 Å². The molecule has 1 aliphatic rings. The van der Waals surface area contributed by atoms with Gasteiger partial charge in [0.05, 0.1) is 23.5 Å². The van der Waals surface area contributed by atoms with Crippen LogP contribution < -0.4 is 9.80 Å². The molecular weight excluding hydrogens is 548 g/mol. The topological polar surface area (TPSA) is 80.1 Å². The Kier molecular flexibility index (Phi) is 8.45. The maximum absolute atomic E-state index is 13.8. The number of carbonyl (C=O) groups excluding carboxylic acids is 3. The van der Waals surface area contributed by atoms with E-state index in [0.29, 0.717) is 35.1 Å². The summed E-state index contributed by atoms with van der Waals surface area (Å²) < 4.78 is 11.3. The van der Waals surface area contributed by atoms with Crippen molar-refractivity contribution in [1.29, 1.82) is 0 Å². The van der Waals surface area contributed by atoms with Gasteiger partial charge in [-0.1, -0.05) is 49.7 Å². The van der Waals surface area contributed by atoms with Crippen molar-refractivity contribution in [2.75, 3.05) is 16.4 Å². The van der Waals surface area contributed by atoms with Gasteiger partial charge in [-0.3, -0.25) is 19.4 Å². The zero-order chi connectivity index (χ0) is 29.8. The van der Waals surface area contributed by atoms with Gasteiger partial charge in [0, 0.05) is 5.56 Å². The first-order valence-corrected chi connectivity index (χ1v) is 14.1. The Morgan fingerprint density at radius 1 is 0.857 bits per heavy atom. The summed E-state index contributed by atoms with van der Waals surface area (Å²) in [6, 6.07) is 24.9. The molecule has 212 valence electrons. The third-order valence-corrected chi connectivity index (χ3v) is 7.43. The van der Waals surface area contributed by atoms with Gasteiger partial charge in [-0.15, -0.1) is 0 Å². The van der Waals surface area contributed by atoms with Crippen LogP contribution in [0.25, 0.3) is 17.4 Å². The Hall–Kier alpha value is -4.82. The number of carbonyl (C=O) groups is 3. The second-order valence-electron chi connectivity index (χ2n) is 9.99. The lowest BCUT2D eigenvalue weighted by Gasteiger charge is -2.36. The van der Waals surface area contributed by atoms with Gasteiger partial charge in [0.1, 0.15) is 17.1 Å². The van der Waals surface area contributed by atoms with E-state index in [4.69, 9.17) is 21.4 Å². The fourth-order valence-electron chi connectivity index (χ4n) is 4.52. The summed E-state index contributed by atoms with van der Waals surface area (Å²) in [6.07, 6.45) is 3.21. The monoisotopic (exact) mass is 578 g/mol. The molecule has 0 radical (unpaired) electrons. The number of ether oxygens (including phenoxy) is 1. The van der Waals surface area contributed by atoms with Gasteiger partial charge in [0.2, 0.25) is 0 Å². The van der Waals surface area contributed by atoms with Crippen LogP contribution in [0.2, 0.25) is 0 Å². The molecule has 0 N–H and O–H groups in total. The molecule has 1 aliphatic heterocycles. The molecule has 0 aliphatic carbocycles. The molecule has 0 saturated carbocycles. The molecule has 0 atom stereocenters. The minimum atomic E-state index is -0.542. The zero-order valence-electron chi connectivity index (χ0n) is 23.6. The number of furan rings is 1. The number of thiocarbonyl (C=S) groups is 1. The predicted octanol–water partition coefficient (Wildman–Crippen LogP) is 7.27. The van der Waals surface area contributed by atoms with Crippen molar-refractivity contribution in [1.82, 2.24) is 0 Å². The maximum Gasteiger partial charge on any atom is 0.338 e. The van der Waals surface area contributed by atoms with Crippen LogP contribution in [0.15, 0.2) is 94.9 Å². The molecule has 5 rings (SSSR count). The SMILES string of the molecule is CCCCOC(=O)c1ccc(-c2ccc(/C=C3/C(=O)N(c4ccccc4)C(=S)N(c4ccc(C)c(C)c4)C3=O)o2)cc1. The van der Waals surface area contributed by atoms with Crippen molar-refractivity contribution in [3.63, 3.8) is 0 Å². The number of benzene rings is 3. The van der Waals surface area contributed by atoms with Crippen molar-refractivity contribution in [2.24, 2.45) is 0 Å². The minimum absolute atomic E-state index is 0.0741. The van der Waals surface area contributed by atoms with Gasteiger partial charge >= 0.3 is 5.97 Å². The van der Waals surface area contributed by atoms with Crippen LogP contribution in [0.5, 0.6) is 0 Å². The van der Waals surface area contributed by atoms with Crippen LogP contribution in [0.1, 0.15) is 47.0 Å². The fraction of sp³-hybridized carbons (Fsp3) is 0.176. The van der Waals surface area contributed by atoms with Crippen LogP contribution >= 0.6 is 12.2 Å². The number of para-hydroxylation sites is 1. The van der Waals surface area contributed by atoms with E-state index in [9.17, 15) is 14.4 Å². The molecule has 0 unspecified atom stereocenters. The Morgan fingerprint density at radius 3 is 2.21 bits per heavy atom. The summed E-state index contributed by atoms with van der Waals surface area (Å²) in [6.45, 7) is 6.37. The highest BCUT2D eigenvalue weighted by Crippen LogP contribution is 2.32. The number of hydrogen-bond donors (Lipinski definition) is 0. The van der Waals surface area contributed by atoms with E-state index in [-0.39, 0.29) is 16.7 Å². The van der Waals surface area contributed by atoms with Gasteiger partial charge in [-0.25, -0.2) is 4.79 Å². The average molecular weight is 579 g/mol. The summed E-state index contributed by atoms with van der Waals surface area (Å²) in [5.74, 6) is -0.608. The second-order valence-corrected chi connectivity index (χ2v) is 10.4. The van der Waals surface area contributed by atoms with Crippen molar-refractivity contribution in [3.8, 4) is 11.3 Å². The Balaban J connectivity index is 1.47. The van der Waals surface area contributed by atoms with E-state index in [1.807, 2.05) is 45.0 Å². The number of esters is 1. The molecule has 7 nitrogen and oxygen atoms in total. The van der Waals surface area contributed by atoms with Gasteiger partial charge in [-0.05, 0) is 98.2 Å². The van der Waals surface area contributed by atoms with Crippen LogP contribution in [0, 0.1) is 13.8 Å². The average Bonchev–Trinajstić information content (AvgIpc) is 3.46. The quantitative estimate of drug-likeness (QED) is 0.0719. The van der Waals surface area contributed by atoms with E-state index in [1.54, 1.807) is 60.7 Å². The standard InChI is InChI=1S/C34H30N2O5S/c1-4-5-19-40-33(39)25-14-12-24(13-15-25)30-18-17-28(41-30)21-29-31(37)35(26-9-7-6-8-10-26)34(42)36(32(29)38)27-16-11-22(2)23(3)20-27/h6-18,20-21H,4-5,19H2,1-3H3/b29-21-. The van der Waals surface area contributed by atoms with E-state index < -0.39 is 11.8 Å². The third-order valence-electron chi connectivity index (χ3n) is 7.06. The molecule has 3 aromatic carbocycles. The first-order valence-electron chi connectivity index (χ1n) is 13.7. The summed E-state index contributed by atoms with van der Waals surface area (Å²) >= 11 is 5.71. The maximum atomic E-state index is 13.8. The van der Waals surface area contributed by atoms with E-state index in [0.717, 1.165) is 29.5 Å². The fourth-order valence-corrected chi connectivity index (χ4v) is 4.89. The Labute approximate surface area is 250 Å². The van der Waals surface area contributed by atoms with Gasteiger partial charge in [0.15, 0.2) is 5.11 Å². The van der Waals surface area contributed by atoms with Crippen LogP contribution in [-0.4, -0.2) is 29.5 Å². The molecule has 2 amide bonds. The normalized spacial score (nSPS) is 14.5. The number of hydrogen-bond acceptors (Lipinski definition) is 6. The highest BCUT2D eigenvalue weighted by Gasteiger charge is 2.41. The predicted molar refractivity (Wildman–Crippen MR) is 167 cm³/mol.